The molecule has 0 unspecified atom stereocenters. The molecule has 0 aliphatic carbocycles. The smallest absolute Gasteiger partial charge is 0.408 e. The zero-order chi connectivity index (χ0) is 15.9. The van der Waals surface area contributed by atoms with Crippen molar-refractivity contribution in [2.75, 3.05) is 11.4 Å². The van der Waals surface area contributed by atoms with E-state index in [1.807, 2.05) is 0 Å². The van der Waals surface area contributed by atoms with Crippen LogP contribution in [0.25, 0.3) is 0 Å². The Bertz CT molecular complexity index is 671. The SMILES string of the molecule is Cc1nnc(N2C[C@@H](O)C[C@@H]2c2cccc(C(F)(F)F)c2)o1. The van der Waals surface area contributed by atoms with E-state index in [-0.39, 0.29) is 12.6 Å². The summed E-state index contributed by atoms with van der Waals surface area (Å²) in [4.78, 5) is 1.64. The van der Waals surface area contributed by atoms with Crippen molar-refractivity contribution in [2.24, 2.45) is 0 Å². The van der Waals surface area contributed by atoms with Crippen molar-refractivity contribution < 1.29 is 22.7 Å². The van der Waals surface area contributed by atoms with Gasteiger partial charge >= 0.3 is 12.2 Å². The molecule has 0 amide bonds. The van der Waals surface area contributed by atoms with Crippen molar-refractivity contribution in [1.82, 2.24) is 10.2 Å². The number of benzene rings is 1. The Kier molecular flexibility index (Phi) is 3.56. The molecule has 1 saturated heterocycles. The standard InChI is InChI=1S/C14H14F3N3O2/c1-8-18-19-13(22-8)20-7-11(21)6-12(20)9-3-2-4-10(5-9)14(15,16)17/h2-5,11-12,21H,6-7H2,1H3/t11-,12+/m0/s1. The minimum atomic E-state index is -4.40. The van der Waals surface area contributed by atoms with Crippen LogP contribution in [-0.2, 0) is 6.18 Å². The number of hydrogen-bond donors (Lipinski definition) is 1. The van der Waals surface area contributed by atoms with Crippen molar-refractivity contribution in [1.29, 1.82) is 0 Å². The second-order valence-corrected chi connectivity index (χ2v) is 5.28. The molecule has 1 aliphatic rings. The van der Waals surface area contributed by atoms with Gasteiger partial charge < -0.3 is 14.4 Å². The van der Waals surface area contributed by atoms with Crippen LogP contribution in [0.3, 0.4) is 0 Å². The fraction of sp³-hybridized carbons (Fsp3) is 0.429. The molecule has 118 valence electrons. The maximum Gasteiger partial charge on any atom is 0.416 e. The molecule has 2 heterocycles. The largest absolute Gasteiger partial charge is 0.416 e. The van der Waals surface area contributed by atoms with Gasteiger partial charge in [-0.1, -0.05) is 17.2 Å². The highest BCUT2D eigenvalue weighted by Gasteiger charge is 2.37. The summed E-state index contributed by atoms with van der Waals surface area (Å²) in [5, 5.41) is 17.5. The van der Waals surface area contributed by atoms with Gasteiger partial charge in [-0.2, -0.15) is 13.2 Å². The molecule has 1 aliphatic heterocycles. The maximum absolute atomic E-state index is 12.9. The number of aliphatic hydroxyl groups is 1. The first kappa shape index (κ1) is 14.8. The first-order chi connectivity index (χ1) is 10.3. The monoisotopic (exact) mass is 313 g/mol. The van der Waals surface area contributed by atoms with Crippen LogP contribution in [0.1, 0.15) is 29.5 Å². The molecule has 2 aromatic rings. The lowest BCUT2D eigenvalue weighted by atomic mass is 10.0. The summed E-state index contributed by atoms with van der Waals surface area (Å²) in [5.74, 6) is 0.360. The molecular weight excluding hydrogens is 299 g/mol. The number of rotatable bonds is 2. The van der Waals surface area contributed by atoms with E-state index >= 15 is 0 Å². The molecule has 1 aromatic heterocycles. The Morgan fingerprint density at radius 1 is 1.32 bits per heavy atom. The van der Waals surface area contributed by atoms with Crippen LogP contribution in [0.15, 0.2) is 28.7 Å². The number of nitrogens with zero attached hydrogens (tertiary/aromatic N) is 3. The van der Waals surface area contributed by atoms with Crippen LogP contribution < -0.4 is 4.90 Å². The second-order valence-electron chi connectivity index (χ2n) is 5.28. The first-order valence-corrected chi connectivity index (χ1v) is 6.76. The number of anilines is 1. The number of halogens is 3. The Labute approximate surface area is 124 Å². The molecule has 22 heavy (non-hydrogen) atoms. The van der Waals surface area contributed by atoms with Gasteiger partial charge in [0.2, 0.25) is 5.89 Å². The average molecular weight is 313 g/mol. The van der Waals surface area contributed by atoms with Crippen LogP contribution in [0.4, 0.5) is 19.2 Å². The number of aliphatic hydroxyl groups excluding tert-OH is 1. The molecule has 1 N–H and O–H groups in total. The van der Waals surface area contributed by atoms with E-state index in [2.05, 4.69) is 10.2 Å². The fourth-order valence-electron chi connectivity index (χ4n) is 2.67. The lowest BCUT2D eigenvalue weighted by molar-refractivity contribution is -0.137. The van der Waals surface area contributed by atoms with Crippen LogP contribution >= 0.6 is 0 Å². The lowest BCUT2D eigenvalue weighted by Crippen LogP contribution is -2.24. The normalized spacial score (nSPS) is 22.3. The molecule has 3 rings (SSSR count). The van der Waals surface area contributed by atoms with Crippen molar-refractivity contribution >= 4 is 6.01 Å². The summed E-state index contributed by atoms with van der Waals surface area (Å²) >= 11 is 0. The molecule has 0 saturated carbocycles. The predicted molar refractivity (Wildman–Crippen MR) is 71.2 cm³/mol. The first-order valence-electron chi connectivity index (χ1n) is 6.76. The van der Waals surface area contributed by atoms with Crippen LogP contribution in [0.5, 0.6) is 0 Å². The van der Waals surface area contributed by atoms with Gasteiger partial charge in [0.1, 0.15) is 0 Å². The number of alkyl halides is 3. The quantitative estimate of drug-likeness (QED) is 0.923. The van der Waals surface area contributed by atoms with Gasteiger partial charge in [-0.3, -0.25) is 0 Å². The number of aryl methyl sites for hydroxylation is 1. The third kappa shape index (κ3) is 2.78. The summed E-state index contributed by atoms with van der Waals surface area (Å²) in [7, 11) is 0. The molecule has 8 heteroatoms. The van der Waals surface area contributed by atoms with Crippen molar-refractivity contribution in [3.8, 4) is 0 Å². The molecule has 1 fully saturated rings. The van der Waals surface area contributed by atoms with Crippen molar-refractivity contribution in [2.45, 2.75) is 31.7 Å². The third-order valence-electron chi connectivity index (χ3n) is 3.64. The van der Waals surface area contributed by atoms with Gasteiger partial charge in [-0.25, -0.2) is 0 Å². The van der Waals surface area contributed by atoms with Crippen molar-refractivity contribution in [3.63, 3.8) is 0 Å². The van der Waals surface area contributed by atoms with E-state index in [1.54, 1.807) is 17.9 Å². The van der Waals surface area contributed by atoms with Crippen molar-refractivity contribution in [3.05, 3.63) is 41.3 Å². The molecule has 0 bridgehead atoms. The third-order valence-corrected chi connectivity index (χ3v) is 3.64. The summed E-state index contributed by atoms with van der Waals surface area (Å²) in [6, 6.07) is 4.86. The van der Waals surface area contributed by atoms with Gasteiger partial charge in [-0.05, 0) is 24.1 Å². The zero-order valence-corrected chi connectivity index (χ0v) is 11.7. The van der Waals surface area contributed by atoms with E-state index in [4.69, 9.17) is 4.42 Å². The molecule has 2 atom stereocenters. The lowest BCUT2D eigenvalue weighted by Gasteiger charge is -2.23. The highest BCUT2D eigenvalue weighted by atomic mass is 19.4. The Balaban J connectivity index is 1.95. The minimum absolute atomic E-state index is 0.205. The minimum Gasteiger partial charge on any atom is -0.408 e. The van der Waals surface area contributed by atoms with E-state index in [0.29, 0.717) is 17.9 Å². The Morgan fingerprint density at radius 3 is 2.73 bits per heavy atom. The summed E-state index contributed by atoms with van der Waals surface area (Å²) in [5.41, 5.74) is -0.254. The van der Waals surface area contributed by atoms with E-state index in [1.165, 1.54) is 6.07 Å². The molecule has 0 radical (unpaired) electrons. The maximum atomic E-state index is 12.9. The van der Waals surface area contributed by atoms with Gasteiger partial charge in [0.15, 0.2) is 0 Å². The zero-order valence-electron chi connectivity index (χ0n) is 11.7. The highest BCUT2D eigenvalue weighted by molar-refractivity contribution is 5.38. The summed E-state index contributed by atoms with van der Waals surface area (Å²) in [6.07, 6.45) is -4.76. The van der Waals surface area contributed by atoms with Crippen LogP contribution in [0.2, 0.25) is 0 Å². The van der Waals surface area contributed by atoms with Crippen LogP contribution in [-0.4, -0.2) is 28.0 Å². The van der Waals surface area contributed by atoms with E-state index < -0.39 is 23.9 Å². The summed E-state index contributed by atoms with van der Waals surface area (Å²) in [6.45, 7) is 1.87. The van der Waals surface area contributed by atoms with E-state index in [0.717, 1.165) is 12.1 Å². The Hall–Kier alpha value is -2.09. The van der Waals surface area contributed by atoms with Crippen LogP contribution in [0, 0.1) is 6.92 Å². The number of β-amino-alcohol motifs (C(OH)–C–C–N with tert-alkyl or cyclic N) is 1. The van der Waals surface area contributed by atoms with E-state index in [9.17, 15) is 18.3 Å². The highest BCUT2D eigenvalue weighted by Crippen LogP contribution is 2.38. The number of aromatic nitrogens is 2. The molecule has 5 nitrogen and oxygen atoms in total. The summed E-state index contributed by atoms with van der Waals surface area (Å²) < 4.78 is 43.9. The van der Waals surface area contributed by atoms with Gasteiger partial charge in [0.25, 0.3) is 0 Å². The van der Waals surface area contributed by atoms with Gasteiger partial charge in [0, 0.05) is 13.5 Å². The Morgan fingerprint density at radius 2 is 2.09 bits per heavy atom. The van der Waals surface area contributed by atoms with Gasteiger partial charge in [0.05, 0.1) is 17.7 Å². The topological polar surface area (TPSA) is 62.4 Å². The molecule has 0 spiro atoms. The number of hydrogen-bond acceptors (Lipinski definition) is 5. The molecular formula is C14H14F3N3O2. The molecule has 1 aromatic carbocycles. The second kappa shape index (κ2) is 5.28. The average Bonchev–Trinajstić information content (AvgIpc) is 3.04. The fourth-order valence-corrected chi connectivity index (χ4v) is 2.67. The predicted octanol–water partition coefficient (Wildman–Crippen LogP) is 2.71. The van der Waals surface area contributed by atoms with Gasteiger partial charge in [-0.15, -0.1) is 5.10 Å².